The van der Waals surface area contributed by atoms with Crippen LogP contribution in [0.3, 0.4) is 0 Å². The molecule has 28 heavy (non-hydrogen) atoms. The van der Waals surface area contributed by atoms with Crippen molar-refractivity contribution >= 4 is 17.6 Å². The molecule has 1 aliphatic carbocycles. The van der Waals surface area contributed by atoms with Gasteiger partial charge in [0.25, 0.3) is 0 Å². The number of rotatable bonds is 2. The molecular weight excluding hydrogens is 371 g/mol. The van der Waals surface area contributed by atoms with E-state index in [-0.39, 0.29) is 11.6 Å². The molecule has 146 valence electrons. The summed E-state index contributed by atoms with van der Waals surface area (Å²) in [5, 5.41) is 0. The van der Waals surface area contributed by atoms with Crippen LogP contribution >= 0.6 is 0 Å². The van der Waals surface area contributed by atoms with E-state index in [9.17, 15) is 22.8 Å². The second kappa shape index (κ2) is 6.36. The lowest BCUT2D eigenvalue weighted by Crippen LogP contribution is -2.35. The van der Waals surface area contributed by atoms with Gasteiger partial charge in [0, 0.05) is 12.2 Å². The Bertz CT molecular complexity index is 970. The smallest absolute Gasteiger partial charge is 0.416 e. The number of carbonyl (C=O) groups excluding carboxylic acids is 2. The molecular formula is C21H18F3NO3. The summed E-state index contributed by atoms with van der Waals surface area (Å²) in [5.41, 5.74) is 0.918. The molecule has 2 aromatic rings. The van der Waals surface area contributed by atoms with Crippen LogP contribution in [-0.4, -0.2) is 25.5 Å². The fourth-order valence-electron chi connectivity index (χ4n) is 4.32. The van der Waals surface area contributed by atoms with Gasteiger partial charge >= 0.3 is 12.1 Å². The summed E-state index contributed by atoms with van der Waals surface area (Å²) < 4.78 is 43.9. The second-order valence-corrected chi connectivity index (χ2v) is 7.32. The van der Waals surface area contributed by atoms with Crippen LogP contribution in [0.5, 0.6) is 0 Å². The van der Waals surface area contributed by atoms with Crippen molar-refractivity contribution in [1.82, 2.24) is 0 Å². The van der Waals surface area contributed by atoms with E-state index in [4.69, 9.17) is 4.74 Å². The van der Waals surface area contributed by atoms with Crippen LogP contribution in [0.15, 0.2) is 42.5 Å². The second-order valence-electron chi connectivity index (χ2n) is 7.32. The van der Waals surface area contributed by atoms with Crippen LogP contribution in [0, 0.1) is 5.41 Å². The summed E-state index contributed by atoms with van der Waals surface area (Å²) in [6.07, 6.45) is -3.07. The van der Waals surface area contributed by atoms with Crippen molar-refractivity contribution in [3.05, 3.63) is 64.7 Å². The highest BCUT2D eigenvalue weighted by atomic mass is 19.4. The Morgan fingerprint density at radius 3 is 2.61 bits per heavy atom. The summed E-state index contributed by atoms with van der Waals surface area (Å²) in [6, 6.07) is 10.2. The van der Waals surface area contributed by atoms with Gasteiger partial charge in [-0.3, -0.25) is 4.79 Å². The number of hydrogen-bond acceptors (Lipinski definition) is 3. The number of anilines is 1. The third kappa shape index (κ3) is 2.85. The van der Waals surface area contributed by atoms with Gasteiger partial charge in [-0.05, 0) is 54.7 Å². The molecule has 1 saturated heterocycles. The maximum Gasteiger partial charge on any atom is 0.416 e. The van der Waals surface area contributed by atoms with Gasteiger partial charge in [-0.15, -0.1) is 0 Å². The first-order valence-corrected chi connectivity index (χ1v) is 8.93. The van der Waals surface area contributed by atoms with Crippen molar-refractivity contribution in [2.75, 3.05) is 18.6 Å². The van der Waals surface area contributed by atoms with Gasteiger partial charge in [0.15, 0.2) is 0 Å². The zero-order valence-corrected chi connectivity index (χ0v) is 15.2. The fraction of sp³-hybridized carbons (Fsp3) is 0.333. The molecule has 0 bridgehead atoms. The van der Waals surface area contributed by atoms with Crippen molar-refractivity contribution in [2.24, 2.45) is 5.41 Å². The Hall–Kier alpha value is -2.83. The third-order valence-electron chi connectivity index (χ3n) is 5.72. The Morgan fingerprint density at radius 2 is 1.89 bits per heavy atom. The Kier molecular flexibility index (Phi) is 4.21. The van der Waals surface area contributed by atoms with Crippen molar-refractivity contribution in [3.63, 3.8) is 0 Å². The van der Waals surface area contributed by atoms with Gasteiger partial charge in [-0.2, -0.15) is 13.2 Å². The molecule has 2 aromatic carbocycles. The summed E-state index contributed by atoms with van der Waals surface area (Å²) in [5.74, 6) is -0.645. The highest BCUT2D eigenvalue weighted by Gasteiger charge is 2.51. The number of esters is 1. The van der Waals surface area contributed by atoms with Gasteiger partial charge in [-0.25, -0.2) is 4.79 Å². The molecule has 4 rings (SSSR count). The quantitative estimate of drug-likeness (QED) is 0.729. The van der Waals surface area contributed by atoms with Gasteiger partial charge in [-0.1, -0.05) is 18.2 Å². The van der Waals surface area contributed by atoms with Crippen LogP contribution in [0.2, 0.25) is 0 Å². The number of carbonyl (C=O) groups is 2. The minimum absolute atomic E-state index is 0.196. The summed E-state index contributed by atoms with van der Waals surface area (Å²) >= 11 is 0. The molecule has 4 nitrogen and oxygen atoms in total. The molecule has 1 heterocycles. The van der Waals surface area contributed by atoms with E-state index in [1.807, 2.05) is 6.07 Å². The molecule has 1 fully saturated rings. The number of ether oxygens (including phenoxy) is 1. The fourth-order valence-corrected chi connectivity index (χ4v) is 4.32. The SMILES string of the molecule is COC(=O)c1cccc2c1CC1(CCN(c3cccc(C(F)(F)F)c3)C1=O)C2. The van der Waals surface area contributed by atoms with E-state index in [1.165, 1.54) is 24.1 Å². The number of hydrogen-bond donors (Lipinski definition) is 0. The minimum atomic E-state index is -4.46. The summed E-state index contributed by atoms with van der Waals surface area (Å²) in [6.45, 7) is 0.349. The summed E-state index contributed by atoms with van der Waals surface area (Å²) in [4.78, 5) is 26.7. The Labute approximate surface area is 159 Å². The lowest BCUT2D eigenvalue weighted by atomic mass is 9.83. The molecule has 0 N–H and O–H groups in total. The Balaban J connectivity index is 1.65. The maximum atomic E-state index is 13.2. The first kappa shape index (κ1) is 18.5. The number of benzene rings is 2. The monoisotopic (exact) mass is 389 g/mol. The molecule has 1 unspecified atom stereocenters. The molecule has 0 radical (unpaired) electrons. The van der Waals surface area contributed by atoms with E-state index in [2.05, 4.69) is 0 Å². The van der Waals surface area contributed by atoms with Crippen molar-refractivity contribution in [1.29, 1.82) is 0 Å². The average Bonchev–Trinajstić information content (AvgIpc) is 3.21. The zero-order valence-electron chi connectivity index (χ0n) is 15.2. The first-order chi connectivity index (χ1) is 13.2. The molecule has 1 amide bonds. The van der Waals surface area contributed by atoms with Gasteiger partial charge in [0.05, 0.1) is 23.7 Å². The molecule has 1 atom stereocenters. The van der Waals surface area contributed by atoms with Crippen molar-refractivity contribution in [2.45, 2.75) is 25.4 Å². The Morgan fingerprint density at radius 1 is 1.14 bits per heavy atom. The number of halogens is 3. The first-order valence-electron chi connectivity index (χ1n) is 8.93. The molecule has 1 spiro atoms. The predicted octanol–water partition coefficient (Wildman–Crippen LogP) is 4.01. The summed E-state index contributed by atoms with van der Waals surface area (Å²) in [7, 11) is 1.31. The van der Waals surface area contributed by atoms with Gasteiger partial charge in [0.1, 0.15) is 0 Å². The minimum Gasteiger partial charge on any atom is -0.465 e. The van der Waals surface area contributed by atoms with Crippen LogP contribution in [0.4, 0.5) is 18.9 Å². The number of amides is 1. The highest BCUT2D eigenvalue weighted by Crippen LogP contribution is 2.47. The highest BCUT2D eigenvalue weighted by molar-refractivity contribution is 6.01. The van der Waals surface area contributed by atoms with E-state index in [0.29, 0.717) is 31.4 Å². The largest absolute Gasteiger partial charge is 0.465 e. The molecule has 2 aliphatic rings. The number of alkyl halides is 3. The van der Waals surface area contributed by atoms with Crippen LogP contribution < -0.4 is 4.90 Å². The molecule has 1 aliphatic heterocycles. The number of nitrogens with zero attached hydrogens (tertiary/aromatic N) is 1. The lowest BCUT2D eigenvalue weighted by Gasteiger charge is -2.23. The van der Waals surface area contributed by atoms with E-state index in [1.54, 1.807) is 12.1 Å². The third-order valence-corrected chi connectivity index (χ3v) is 5.72. The normalized spacial score (nSPS) is 21.3. The van der Waals surface area contributed by atoms with E-state index < -0.39 is 23.1 Å². The number of fused-ring (bicyclic) bond motifs is 1. The lowest BCUT2D eigenvalue weighted by molar-refractivity contribution is -0.137. The van der Waals surface area contributed by atoms with Crippen molar-refractivity contribution < 1.29 is 27.5 Å². The van der Waals surface area contributed by atoms with E-state index in [0.717, 1.165) is 23.3 Å². The molecule has 0 saturated carbocycles. The van der Waals surface area contributed by atoms with Gasteiger partial charge < -0.3 is 9.64 Å². The van der Waals surface area contributed by atoms with Crippen LogP contribution in [0.25, 0.3) is 0 Å². The molecule has 7 heteroatoms. The van der Waals surface area contributed by atoms with Crippen LogP contribution in [0.1, 0.15) is 33.5 Å². The van der Waals surface area contributed by atoms with Gasteiger partial charge in [0.2, 0.25) is 5.91 Å². The standard InChI is InChI=1S/C21H18F3NO3/c1-28-18(26)16-7-2-4-13-11-20(12-17(13)16)8-9-25(19(20)27)15-6-3-5-14(10-15)21(22,23)24/h2-7,10H,8-9,11-12H2,1H3. The topological polar surface area (TPSA) is 46.6 Å². The number of methoxy groups -OCH3 is 1. The average molecular weight is 389 g/mol. The zero-order chi connectivity index (χ0) is 20.1. The van der Waals surface area contributed by atoms with Crippen molar-refractivity contribution in [3.8, 4) is 0 Å². The maximum absolute atomic E-state index is 13.2. The molecule has 0 aromatic heterocycles. The van der Waals surface area contributed by atoms with E-state index >= 15 is 0 Å². The van der Waals surface area contributed by atoms with Crippen LogP contribution in [-0.2, 0) is 28.5 Å². The predicted molar refractivity (Wildman–Crippen MR) is 96.0 cm³/mol.